The Kier molecular flexibility index (Phi) is 4.89. The predicted octanol–water partition coefficient (Wildman–Crippen LogP) is -0.234. The van der Waals surface area contributed by atoms with E-state index in [4.69, 9.17) is 5.73 Å². The normalized spacial score (nSPS) is 12.3. The zero-order valence-electron chi connectivity index (χ0n) is 6.49. The molecule has 0 aromatic carbocycles. The molecule has 4 nitrogen and oxygen atoms in total. The molecule has 0 aliphatic heterocycles. The van der Waals surface area contributed by atoms with Gasteiger partial charge in [-0.25, -0.2) is 0 Å². The molecule has 0 saturated heterocycles. The standard InChI is InChI=1S/C6H11NO3S/c1-4(8)11-3-5(7)6(9)10-2/h5H,3,7H2,1-2H3/t5-/m0/s1. The Bertz CT molecular complexity index is 160. The number of methoxy groups -OCH3 is 1. The minimum Gasteiger partial charge on any atom is -0.468 e. The SMILES string of the molecule is COC(=O)[C@@H](N)CSC(C)=O. The highest BCUT2D eigenvalue weighted by atomic mass is 32.2. The third kappa shape index (κ3) is 4.80. The summed E-state index contributed by atoms with van der Waals surface area (Å²) in [5.74, 6) is -0.207. The number of ether oxygens (including phenoxy) is 1. The minimum absolute atomic E-state index is 0.0515. The monoisotopic (exact) mass is 177 g/mol. The van der Waals surface area contributed by atoms with Gasteiger partial charge >= 0.3 is 5.97 Å². The summed E-state index contributed by atoms with van der Waals surface area (Å²) in [6, 6.07) is -0.700. The second kappa shape index (κ2) is 5.15. The molecule has 0 unspecified atom stereocenters. The molecular formula is C6H11NO3S. The molecule has 0 aliphatic rings. The van der Waals surface area contributed by atoms with Crippen molar-refractivity contribution < 1.29 is 14.3 Å². The molecular weight excluding hydrogens is 166 g/mol. The van der Waals surface area contributed by atoms with Gasteiger partial charge < -0.3 is 10.5 Å². The van der Waals surface area contributed by atoms with E-state index in [2.05, 4.69) is 4.74 Å². The van der Waals surface area contributed by atoms with E-state index in [-0.39, 0.29) is 10.9 Å². The number of esters is 1. The molecule has 0 bridgehead atoms. The first-order valence-electron chi connectivity index (χ1n) is 3.04. The van der Waals surface area contributed by atoms with Crippen LogP contribution in [0.15, 0.2) is 0 Å². The zero-order valence-corrected chi connectivity index (χ0v) is 7.31. The first-order valence-corrected chi connectivity index (χ1v) is 4.03. The zero-order chi connectivity index (χ0) is 8.85. The van der Waals surface area contributed by atoms with Crippen molar-refractivity contribution in [3.05, 3.63) is 0 Å². The predicted molar refractivity (Wildman–Crippen MR) is 43.1 cm³/mol. The van der Waals surface area contributed by atoms with Crippen molar-refractivity contribution in [1.82, 2.24) is 0 Å². The summed E-state index contributed by atoms with van der Waals surface area (Å²) in [4.78, 5) is 21.1. The Morgan fingerprint density at radius 2 is 2.18 bits per heavy atom. The van der Waals surface area contributed by atoms with Gasteiger partial charge in [-0.15, -0.1) is 0 Å². The lowest BCUT2D eigenvalue weighted by molar-refractivity contribution is -0.141. The first-order chi connectivity index (χ1) is 5.07. The molecule has 0 heterocycles. The molecule has 0 aromatic heterocycles. The molecule has 1 atom stereocenters. The third-order valence-electron chi connectivity index (χ3n) is 0.970. The number of hydrogen-bond acceptors (Lipinski definition) is 5. The maximum Gasteiger partial charge on any atom is 0.323 e. The number of hydrogen-bond donors (Lipinski definition) is 1. The summed E-state index contributed by atoms with van der Waals surface area (Å²) >= 11 is 1.02. The molecule has 0 aliphatic carbocycles. The Morgan fingerprint density at radius 1 is 1.64 bits per heavy atom. The van der Waals surface area contributed by atoms with Crippen LogP contribution in [0.1, 0.15) is 6.92 Å². The average Bonchev–Trinajstić information content (AvgIpc) is 1.98. The van der Waals surface area contributed by atoms with Gasteiger partial charge in [-0.2, -0.15) is 0 Å². The summed E-state index contributed by atoms with van der Waals surface area (Å²) in [6.07, 6.45) is 0. The largest absolute Gasteiger partial charge is 0.468 e. The van der Waals surface area contributed by atoms with E-state index in [9.17, 15) is 9.59 Å². The van der Waals surface area contributed by atoms with Crippen LogP contribution in [0, 0.1) is 0 Å². The number of rotatable bonds is 3. The van der Waals surface area contributed by atoms with Crippen LogP contribution in [0.5, 0.6) is 0 Å². The lowest BCUT2D eigenvalue weighted by Gasteiger charge is -2.05. The van der Waals surface area contributed by atoms with Crippen molar-refractivity contribution in [2.75, 3.05) is 12.9 Å². The quantitative estimate of drug-likeness (QED) is 0.603. The van der Waals surface area contributed by atoms with Crippen molar-refractivity contribution >= 4 is 22.8 Å². The van der Waals surface area contributed by atoms with Crippen LogP contribution in [0.4, 0.5) is 0 Å². The molecule has 0 amide bonds. The molecule has 11 heavy (non-hydrogen) atoms. The summed E-state index contributed by atoms with van der Waals surface area (Å²) in [6.45, 7) is 1.43. The fourth-order valence-corrected chi connectivity index (χ4v) is 0.977. The summed E-state index contributed by atoms with van der Waals surface area (Å²) < 4.78 is 4.36. The number of carbonyl (C=O) groups excluding carboxylic acids is 2. The molecule has 0 rings (SSSR count). The van der Waals surface area contributed by atoms with E-state index in [0.717, 1.165) is 11.8 Å². The topological polar surface area (TPSA) is 69.4 Å². The van der Waals surface area contributed by atoms with E-state index in [1.807, 2.05) is 0 Å². The van der Waals surface area contributed by atoms with Crippen LogP contribution >= 0.6 is 11.8 Å². The van der Waals surface area contributed by atoms with Crippen LogP contribution in [0.25, 0.3) is 0 Å². The van der Waals surface area contributed by atoms with E-state index in [1.54, 1.807) is 0 Å². The first kappa shape index (κ1) is 10.4. The molecule has 0 spiro atoms. The van der Waals surface area contributed by atoms with E-state index < -0.39 is 12.0 Å². The summed E-state index contributed by atoms with van der Waals surface area (Å²) in [5, 5.41) is -0.0515. The summed E-state index contributed by atoms with van der Waals surface area (Å²) in [7, 11) is 1.26. The molecule has 0 aromatic rings. The Balaban J connectivity index is 3.60. The van der Waals surface area contributed by atoms with E-state index in [0.29, 0.717) is 0 Å². The van der Waals surface area contributed by atoms with Crippen LogP contribution in [-0.2, 0) is 14.3 Å². The Labute approximate surface area is 69.5 Å². The van der Waals surface area contributed by atoms with Crippen LogP contribution in [0.3, 0.4) is 0 Å². The fourth-order valence-electron chi connectivity index (χ4n) is 0.427. The highest BCUT2D eigenvalue weighted by molar-refractivity contribution is 8.13. The van der Waals surface area contributed by atoms with Crippen LogP contribution < -0.4 is 5.73 Å². The van der Waals surface area contributed by atoms with Crippen molar-refractivity contribution in [2.45, 2.75) is 13.0 Å². The third-order valence-corrected chi connectivity index (χ3v) is 1.90. The van der Waals surface area contributed by atoms with Crippen LogP contribution in [0.2, 0.25) is 0 Å². The van der Waals surface area contributed by atoms with Gasteiger partial charge in [0.1, 0.15) is 6.04 Å². The molecule has 64 valence electrons. The van der Waals surface area contributed by atoms with Gasteiger partial charge in [0.25, 0.3) is 0 Å². The van der Waals surface area contributed by atoms with Gasteiger partial charge in [0.15, 0.2) is 5.12 Å². The van der Waals surface area contributed by atoms with E-state index >= 15 is 0 Å². The van der Waals surface area contributed by atoms with Crippen molar-refractivity contribution in [3.63, 3.8) is 0 Å². The van der Waals surface area contributed by atoms with Gasteiger partial charge in [-0.1, -0.05) is 11.8 Å². The molecule has 0 radical (unpaired) electrons. The van der Waals surface area contributed by atoms with Crippen molar-refractivity contribution in [2.24, 2.45) is 5.73 Å². The number of carbonyl (C=O) groups is 2. The fraction of sp³-hybridized carbons (Fsp3) is 0.667. The summed E-state index contributed by atoms with van der Waals surface area (Å²) in [5.41, 5.74) is 5.33. The molecule has 0 saturated carbocycles. The maximum absolute atomic E-state index is 10.7. The van der Waals surface area contributed by atoms with Crippen molar-refractivity contribution in [1.29, 1.82) is 0 Å². The lowest BCUT2D eigenvalue weighted by Crippen LogP contribution is -2.34. The van der Waals surface area contributed by atoms with Gasteiger partial charge in [0, 0.05) is 12.7 Å². The maximum atomic E-state index is 10.7. The Morgan fingerprint density at radius 3 is 2.55 bits per heavy atom. The molecule has 2 N–H and O–H groups in total. The van der Waals surface area contributed by atoms with Gasteiger partial charge in [0.2, 0.25) is 0 Å². The molecule has 0 fully saturated rings. The lowest BCUT2D eigenvalue weighted by atomic mass is 10.4. The average molecular weight is 177 g/mol. The highest BCUT2D eigenvalue weighted by Gasteiger charge is 2.13. The number of nitrogens with two attached hydrogens (primary N) is 1. The van der Waals surface area contributed by atoms with E-state index in [1.165, 1.54) is 14.0 Å². The molecule has 5 heteroatoms. The number of thioether (sulfide) groups is 1. The van der Waals surface area contributed by atoms with Gasteiger partial charge in [0.05, 0.1) is 7.11 Å². The van der Waals surface area contributed by atoms with Gasteiger partial charge in [-0.3, -0.25) is 9.59 Å². The van der Waals surface area contributed by atoms with Gasteiger partial charge in [-0.05, 0) is 0 Å². The Hall–Kier alpha value is -0.550. The smallest absolute Gasteiger partial charge is 0.323 e. The second-order valence-corrected chi connectivity index (χ2v) is 3.13. The highest BCUT2D eigenvalue weighted by Crippen LogP contribution is 2.02. The van der Waals surface area contributed by atoms with Crippen LogP contribution in [-0.4, -0.2) is 30.0 Å². The minimum atomic E-state index is -0.700. The second-order valence-electron chi connectivity index (χ2n) is 1.93. The van der Waals surface area contributed by atoms with Crippen molar-refractivity contribution in [3.8, 4) is 0 Å².